The number of halogens is 6. The molecule has 0 amide bonds. The SMILES string of the molecule is FC(F)(F)c1cc(Br)c(Cl)c(Br)c1. The molecule has 0 saturated carbocycles. The minimum atomic E-state index is -4.35. The Hall–Kier alpha value is 0.260. The van der Waals surface area contributed by atoms with Crippen molar-refractivity contribution in [1.82, 2.24) is 0 Å². The topological polar surface area (TPSA) is 0 Å². The molecule has 0 spiro atoms. The second-order valence-corrected chi connectivity index (χ2v) is 4.34. The molecular weight excluding hydrogens is 336 g/mol. The Bertz CT molecular complexity index is 312. The number of alkyl halides is 3. The largest absolute Gasteiger partial charge is 0.416 e. The zero-order chi connectivity index (χ0) is 10.2. The van der Waals surface area contributed by atoms with Gasteiger partial charge in [-0.2, -0.15) is 13.2 Å². The van der Waals surface area contributed by atoms with E-state index in [1.54, 1.807) is 0 Å². The van der Waals surface area contributed by atoms with E-state index in [0.29, 0.717) is 0 Å². The van der Waals surface area contributed by atoms with Crippen LogP contribution in [0.5, 0.6) is 0 Å². The fraction of sp³-hybridized carbons (Fsp3) is 0.143. The molecule has 72 valence electrons. The third-order valence-electron chi connectivity index (χ3n) is 1.31. The summed E-state index contributed by atoms with van der Waals surface area (Å²) in [5.41, 5.74) is -0.740. The molecule has 0 aliphatic carbocycles. The molecule has 0 radical (unpaired) electrons. The average molecular weight is 338 g/mol. The van der Waals surface area contributed by atoms with Gasteiger partial charge in [-0.3, -0.25) is 0 Å². The van der Waals surface area contributed by atoms with Gasteiger partial charge in [0, 0.05) is 8.95 Å². The summed E-state index contributed by atoms with van der Waals surface area (Å²) >= 11 is 11.5. The lowest BCUT2D eigenvalue weighted by atomic mass is 10.2. The Balaban J connectivity index is 3.29. The van der Waals surface area contributed by atoms with Gasteiger partial charge in [0.1, 0.15) is 0 Å². The molecule has 0 saturated heterocycles. The molecule has 1 rings (SSSR count). The Morgan fingerprint density at radius 2 is 1.46 bits per heavy atom. The number of rotatable bonds is 0. The van der Waals surface area contributed by atoms with Crippen LogP contribution in [0, 0.1) is 0 Å². The van der Waals surface area contributed by atoms with E-state index in [0.717, 1.165) is 12.1 Å². The van der Waals surface area contributed by atoms with Crippen molar-refractivity contribution in [2.45, 2.75) is 6.18 Å². The van der Waals surface area contributed by atoms with Crippen molar-refractivity contribution in [3.63, 3.8) is 0 Å². The lowest BCUT2D eigenvalue weighted by Gasteiger charge is -2.08. The molecule has 0 aliphatic heterocycles. The summed E-state index contributed by atoms with van der Waals surface area (Å²) in [4.78, 5) is 0. The molecule has 6 heteroatoms. The summed E-state index contributed by atoms with van der Waals surface area (Å²) in [6.07, 6.45) is -4.35. The smallest absolute Gasteiger partial charge is 0.166 e. The van der Waals surface area contributed by atoms with Crippen LogP contribution < -0.4 is 0 Å². The van der Waals surface area contributed by atoms with Gasteiger partial charge >= 0.3 is 6.18 Å². The van der Waals surface area contributed by atoms with Gasteiger partial charge in [-0.1, -0.05) is 11.6 Å². The summed E-state index contributed by atoms with van der Waals surface area (Å²) in [6.45, 7) is 0. The molecule has 0 aliphatic rings. The maximum absolute atomic E-state index is 12.2. The fourth-order valence-electron chi connectivity index (χ4n) is 0.719. The van der Waals surface area contributed by atoms with E-state index in [1.165, 1.54) is 0 Å². The summed E-state index contributed by atoms with van der Waals surface area (Å²) in [6, 6.07) is 1.88. The van der Waals surface area contributed by atoms with E-state index >= 15 is 0 Å². The minimum Gasteiger partial charge on any atom is -0.166 e. The van der Waals surface area contributed by atoms with Gasteiger partial charge in [0.25, 0.3) is 0 Å². The Morgan fingerprint density at radius 3 is 1.77 bits per heavy atom. The molecule has 0 fully saturated rings. The van der Waals surface area contributed by atoms with Crippen molar-refractivity contribution < 1.29 is 13.2 Å². The first-order valence-corrected chi connectivity index (χ1v) is 5.00. The summed E-state index contributed by atoms with van der Waals surface area (Å²) < 4.78 is 37.0. The van der Waals surface area contributed by atoms with Crippen LogP contribution in [0.1, 0.15) is 5.56 Å². The summed E-state index contributed by atoms with van der Waals surface area (Å²) in [5.74, 6) is 0. The van der Waals surface area contributed by atoms with Gasteiger partial charge in [-0.25, -0.2) is 0 Å². The zero-order valence-corrected chi connectivity index (χ0v) is 9.85. The van der Waals surface area contributed by atoms with E-state index in [1.807, 2.05) is 0 Å². The zero-order valence-electron chi connectivity index (χ0n) is 5.92. The van der Waals surface area contributed by atoms with Gasteiger partial charge in [0.2, 0.25) is 0 Å². The van der Waals surface area contributed by atoms with Crippen molar-refractivity contribution in [3.05, 3.63) is 31.7 Å². The first-order chi connectivity index (χ1) is 5.82. The first-order valence-electron chi connectivity index (χ1n) is 3.04. The first kappa shape index (κ1) is 11.3. The molecule has 1 aromatic carbocycles. The van der Waals surface area contributed by atoms with Crippen LogP contribution >= 0.6 is 43.5 Å². The van der Waals surface area contributed by atoms with Crippen LogP contribution in [0.4, 0.5) is 13.2 Å². The van der Waals surface area contributed by atoms with Crippen molar-refractivity contribution in [1.29, 1.82) is 0 Å². The van der Waals surface area contributed by atoms with Crippen molar-refractivity contribution in [3.8, 4) is 0 Å². The van der Waals surface area contributed by atoms with Gasteiger partial charge < -0.3 is 0 Å². The van der Waals surface area contributed by atoms with Crippen molar-refractivity contribution in [2.75, 3.05) is 0 Å². The van der Waals surface area contributed by atoms with Crippen LogP contribution in [0.25, 0.3) is 0 Å². The predicted molar refractivity (Wildman–Crippen MR) is 51.9 cm³/mol. The van der Waals surface area contributed by atoms with Crippen LogP contribution in [0.2, 0.25) is 5.02 Å². The van der Waals surface area contributed by atoms with Crippen molar-refractivity contribution in [2.24, 2.45) is 0 Å². The van der Waals surface area contributed by atoms with E-state index in [4.69, 9.17) is 11.6 Å². The quantitative estimate of drug-likeness (QED) is 0.591. The molecule has 0 heterocycles. The van der Waals surface area contributed by atoms with E-state index < -0.39 is 11.7 Å². The van der Waals surface area contributed by atoms with Gasteiger partial charge in [0.05, 0.1) is 10.6 Å². The third-order valence-corrected chi connectivity index (χ3v) is 3.43. The Labute approximate surface area is 94.3 Å². The highest BCUT2D eigenvalue weighted by molar-refractivity contribution is 9.11. The summed E-state index contributed by atoms with van der Waals surface area (Å²) in [5, 5.41) is 0.230. The highest BCUT2D eigenvalue weighted by Crippen LogP contribution is 2.38. The monoisotopic (exact) mass is 336 g/mol. The maximum Gasteiger partial charge on any atom is 0.416 e. The van der Waals surface area contributed by atoms with Gasteiger partial charge in [-0.05, 0) is 44.0 Å². The standard InChI is InChI=1S/C7H2Br2ClF3/c8-4-1-3(7(11,12)13)2-5(9)6(4)10/h1-2H. The normalized spacial score (nSPS) is 11.8. The number of hydrogen-bond acceptors (Lipinski definition) is 0. The lowest BCUT2D eigenvalue weighted by molar-refractivity contribution is -0.137. The van der Waals surface area contributed by atoms with Crippen LogP contribution in [0.3, 0.4) is 0 Å². The highest BCUT2D eigenvalue weighted by Gasteiger charge is 2.31. The molecule has 1 aromatic rings. The van der Waals surface area contributed by atoms with Crippen molar-refractivity contribution >= 4 is 43.5 Å². The summed E-state index contributed by atoms with van der Waals surface area (Å²) in [7, 11) is 0. The predicted octanol–water partition coefficient (Wildman–Crippen LogP) is 4.88. The molecule has 0 bridgehead atoms. The van der Waals surface area contributed by atoms with E-state index in [9.17, 15) is 13.2 Å². The van der Waals surface area contributed by atoms with Crippen LogP contribution in [-0.4, -0.2) is 0 Å². The van der Waals surface area contributed by atoms with Gasteiger partial charge in [0.15, 0.2) is 0 Å². The minimum absolute atomic E-state index is 0.218. The molecule has 0 unspecified atom stereocenters. The highest BCUT2D eigenvalue weighted by atomic mass is 79.9. The maximum atomic E-state index is 12.2. The second kappa shape index (κ2) is 3.79. The molecule has 0 N–H and O–H groups in total. The van der Waals surface area contributed by atoms with Crippen LogP contribution in [-0.2, 0) is 6.18 Å². The number of benzene rings is 1. The second-order valence-electron chi connectivity index (χ2n) is 2.25. The molecule has 0 aromatic heterocycles. The van der Waals surface area contributed by atoms with Gasteiger partial charge in [-0.15, -0.1) is 0 Å². The Kier molecular flexibility index (Phi) is 3.30. The Morgan fingerprint density at radius 1 is 1.08 bits per heavy atom. The molecular formula is C7H2Br2ClF3. The van der Waals surface area contributed by atoms with Crippen LogP contribution in [0.15, 0.2) is 21.1 Å². The lowest BCUT2D eigenvalue weighted by Crippen LogP contribution is -2.04. The average Bonchev–Trinajstić information content (AvgIpc) is 1.97. The fourth-order valence-corrected chi connectivity index (χ4v) is 2.01. The van der Waals surface area contributed by atoms with E-state index in [-0.39, 0.29) is 14.0 Å². The van der Waals surface area contributed by atoms with E-state index in [2.05, 4.69) is 31.9 Å². The molecule has 13 heavy (non-hydrogen) atoms. The molecule has 0 nitrogen and oxygen atoms in total. The third kappa shape index (κ3) is 2.60. The number of hydrogen-bond donors (Lipinski definition) is 0. The molecule has 0 atom stereocenters.